The van der Waals surface area contributed by atoms with E-state index in [9.17, 15) is 22.8 Å². The van der Waals surface area contributed by atoms with Gasteiger partial charge in [-0.1, -0.05) is 12.1 Å². The Labute approximate surface area is 234 Å². The Morgan fingerprint density at radius 2 is 1.66 bits per heavy atom. The van der Waals surface area contributed by atoms with Gasteiger partial charge in [0, 0.05) is 36.0 Å². The highest BCUT2D eigenvalue weighted by Crippen LogP contribution is 2.33. The van der Waals surface area contributed by atoms with Crippen LogP contribution in [0, 0.1) is 13.8 Å². The molecular weight excluding hydrogens is 539 g/mol. The Bertz CT molecular complexity index is 1650. The fraction of sp³-hybridized carbons (Fsp3) is 0.286. The third kappa shape index (κ3) is 6.74. The number of amides is 2. The zero-order chi connectivity index (χ0) is 29.9. The van der Waals surface area contributed by atoms with Crippen LogP contribution in [-0.4, -0.2) is 59.9 Å². The van der Waals surface area contributed by atoms with E-state index in [1.807, 2.05) is 19.0 Å². The summed E-state index contributed by atoms with van der Waals surface area (Å²) in [6, 6.07) is 9.40. The number of pyridine rings is 1. The predicted octanol–water partition coefficient (Wildman–Crippen LogP) is 4.77. The van der Waals surface area contributed by atoms with Crippen LogP contribution in [0.3, 0.4) is 0 Å². The number of anilines is 3. The summed E-state index contributed by atoms with van der Waals surface area (Å²) in [5.41, 5.74) is 0.881. The van der Waals surface area contributed by atoms with Gasteiger partial charge in [0.2, 0.25) is 5.95 Å². The van der Waals surface area contributed by atoms with Crippen molar-refractivity contribution < 1.29 is 22.8 Å². The third-order valence-corrected chi connectivity index (χ3v) is 6.31. The van der Waals surface area contributed by atoms with E-state index in [1.54, 1.807) is 37.4 Å². The number of aromatic nitrogens is 3. The minimum absolute atomic E-state index is 0.0131. The van der Waals surface area contributed by atoms with E-state index in [2.05, 4.69) is 25.9 Å². The monoisotopic (exact) mass is 569 g/mol. The van der Waals surface area contributed by atoms with Crippen molar-refractivity contribution in [3.05, 3.63) is 75.7 Å². The van der Waals surface area contributed by atoms with Crippen LogP contribution in [0.15, 0.2) is 53.5 Å². The van der Waals surface area contributed by atoms with E-state index in [-0.39, 0.29) is 22.5 Å². The first-order chi connectivity index (χ1) is 19.4. The molecule has 0 radical (unpaired) electrons. The lowest BCUT2D eigenvalue weighted by molar-refractivity contribution is -0.138. The first kappa shape index (κ1) is 29.3. The first-order valence-electron chi connectivity index (χ1n) is 12.6. The van der Waals surface area contributed by atoms with Crippen molar-refractivity contribution in [3.8, 4) is 11.1 Å². The molecule has 13 heteroatoms. The number of nitrogens with zero attached hydrogens (tertiary/aromatic N) is 4. The van der Waals surface area contributed by atoms with Gasteiger partial charge in [-0.25, -0.2) is 9.78 Å². The van der Waals surface area contributed by atoms with Crippen LogP contribution < -0.4 is 26.3 Å². The molecular formula is C28H30F3N7O3. The lowest BCUT2D eigenvalue weighted by atomic mass is 10.0. The normalized spacial score (nSPS) is 11.5. The Kier molecular flexibility index (Phi) is 8.47. The van der Waals surface area contributed by atoms with E-state index in [1.165, 1.54) is 26.2 Å². The SMILES string of the molecule is COn1c(=O)c(-c2cc(NC(=O)Nc3ccc(C)c(C(F)(F)F)c3)ccc2C)cc2cnc(NCCN(C)C)nc21. The van der Waals surface area contributed by atoms with E-state index in [0.29, 0.717) is 29.1 Å². The highest BCUT2D eigenvalue weighted by atomic mass is 19.4. The van der Waals surface area contributed by atoms with Gasteiger partial charge in [-0.05, 0) is 75.0 Å². The molecule has 0 bridgehead atoms. The molecule has 0 aliphatic carbocycles. The Morgan fingerprint density at radius 1 is 1.00 bits per heavy atom. The number of benzene rings is 2. The van der Waals surface area contributed by atoms with Crippen molar-refractivity contribution in [3.63, 3.8) is 0 Å². The van der Waals surface area contributed by atoms with Gasteiger partial charge in [-0.15, -0.1) is 4.73 Å². The minimum Gasteiger partial charge on any atom is -0.412 e. The van der Waals surface area contributed by atoms with E-state index in [4.69, 9.17) is 4.84 Å². The molecule has 2 heterocycles. The van der Waals surface area contributed by atoms with E-state index >= 15 is 0 Å². The number of fused-ring (bicyclic) bond motifs is 1. The van der Waals surface area contributed by atoms with E-state index in [0.717, 1.165) is 22.9 Å². The van der Waals surface area contributed by atoms with Gasteiger partial charge < -0.3 is 25.7 Å². The van der Waals surface area contributed by atoms with Crippen LogP contribution in [-0.2, 0) is 6.18 Å². The molecule has 2 aromatic carbocycles. The molecule has 4 rings (SSSR count). The van der Waals surface area contributed by atoms with Crippen molar-refractivity contribution >= 4 is 34.4 Å². The Balaban J connectivity index is 1.62. The number of carbonyl (C=O) groups excluding carboxylic acids is 1. The number of hydrogen-bond acceptors (Lipinski definition) is 7. The summed E-state index contributed by atoms with van der Waals surface area (Å²) in [5.74, 6) is 0.349. The molecule has 0 saturated heterocycles. The number of hydrogen-bond donors (Lipinski definition) is 3. The lowest BCUT2D eigenvalue weighted by Gasteiger charge is -2.15. The number of carbonyl (C=O) groups is 1. The molecule has 0 unspecified atom stereocenters. The second-order valence-corrected chi connectivity index (χ2v) is 9.68. The second kappa shape index (κ2) is 11.8. The smallest absolute Gasteiger partial charge is 0.412 e. The Hall–Kier alpha value is -4.65. The van der Waals surface area contributed by atoms with Gasteiger partial charge in [-0.2, -0.15) is 18.2 Å². The fourth-order valence-corrected chi connectivity index (χ4v) is 4.20. The zero-order valence-electron chi connectivity index (χ0n) is 23.2. The zero-order valence-corrected chi connectivity index (χ0v) is 23.2. The molecule has 2 amide bonds. The molecule has 0 aliphatic heterocycles. The molecule has 0 spiro atoms. The summed E-state index contributed by atoms with van der Waals surface area (Å²) in [6.45, 7) is 4.52. The van der Waals surface area contributed by atoms with Crippen LogP contribution in [0.1, 0.15) is 16.7 Å². The van der Waals surface area contributed by atoms with Gasteiger partial charge in [0.05, 0.1) is 11.1 Å². The molecule has 0 saturated carbocycles. The van der Waals surface area contributed by atoms with E-state index < -0.39 is 23.3 Å². The number of likely N-dealkylation sites (N-methyl/N-ethyl adjacent to an activating group) is 1. The largest absolute Gasteiger partial charge is 0.416 e. The summed E-state index contributed by atoms with van der Waals surface area (Å²) in [7, 11) is 5.25. The van der Waals surface area contributed by atoms with Gasteiger partial charge in [-0.3, -0.25) is 4.79 Å². The number of aryl methyl sites for hydroxylation is 2. The Morgan fingerprint density at radius 3 is 2.29 bits per heavy atom. The summed E-state index contributed by atoms with van der Waals surface area (Å²) < 4.78 is 40.9. The fourth-order valence-electron chi connectivity index (χ4n) is 4.20. The maximum Gasteiger partial charge on any atom is 0.416 e. The maximum atomic E-state index is 13.5. The minimum atomic E-state index is -4.55. The molecule has 216 valence electrons. The summed E-state index contributed by atoms with van der Waals surface area (Å²) in [6.07, 6.45) is -2.96. The highest BCUT2D eigenvalue weighted by Gasteiger charge is 2.32. The van der Waals surface area contributed by atoms with Crippen molar-refractivity contribution in [1.82, 2.24) is 19.6 Å². The lowest BCUT2D eigenvalue weighted by Crippen LogP contribution is -2.28. The average Bonchev–Trinajstić information content (AvgIpc) is 2.90. The van der Waals surface area contributed by atoms with Crippen molar-refractivity contribution in [2.45, 2.75) is 20.0 Å². The van der Waals surface area contributed by atoms with Crippen molar-refractivity contribution in [2.24, 2.45) is 0 Å². The summed E-state index contributed by atoms with van der Waals surface area (Å²) in [4.78, 5) is 42.3. The molecule has 4 aromatic rings. The molecule has 3 N–H and O–H groups in total. The van der Waals surface area contributed by atoms with Gasteiger partial charge in [0.1, 0.15) is 7.11 Å². The molecule has 2 aromatic heterocycles. The molecule has 0 aliphatic rings. The average molecular weight is 570 g/mol. The third-order valence-electron chi connectivity index (χ3n) is 6.31. The van der Waals surface area contributed by atoms with Crippen molar-refractivity contribution in [2.75, 3.05) is 50.2 Å². The van der Waals surface area contributed by atoms with Gasteiger partial charge >= 0.3 is 12.2 Å². The highest BCUT2D eigenvalue weighted by molar-refractivity contribution is 6.00. The number of nitrogens with one attached hydrogen (secondary N) is 3. The maximum absolute atomic E-state index is 13.5. The summed E-state index contributed by atoms with van der Waals surface area (Å²) in [5, 5.41) is 8.70. The van der Waals surface area contributed by atoms with Crippen LogP contribution in [0.5, 0.6) is 0 Å². The number of rotatable bonds is 8. The number of alkyl halides is 3. The van der Waals surface area contributed by atoms with Crippen LogP contribution >= 0.6 is 0 Å². The molecule has 10 nitrogen and oxygen atoms in total. The molecule has 41 heavy (non-hydrogen) atoms. The van der Waals surface area contributed by atoms with Gasteiger partial charge in [0.25, 0.3) is 5.56 Å². The quantitative estimate of drug-likeness (QED) is 0.280. The first-order valence-corrected chi connectivity index (χ1v) is 12.6. The second-order valence-electron chi connectivity index (χ2n) is 9.68. The van der Waals surface area contributed by atoms with Crippen LogP contribution in [0.2, 0.25) is 0 Å². The standard InChI is InChI=1S/C28H30F3N7O3/c1-16-6-8-19(34-27(40)35-20-9-7-17(2)23(14-20)28(29,30)31)13-21(16)22-12-18-15-33-26(32-10-11-37(3)4)36-24(18)38(41-5)25(22)39/h6-9,12-15H,10-11H2,1-5H3,(H,32,33,36)(H2,34,35,40). The van der Waals surface area contributed by atoms with Crippen molar-refractivity contribution in [1.29, 1.82) is 0 Å². The predicted molar refractivity (Wildman–Crippen MR) is 152 cm³/mol. The molecule has 0 atom stereocenters. The number of urea groups is 1. The topological polar surface area (TPSA) is 113 Å². The number of halogens is 3. The summed E-state index contributed by atoms with van der Waals surface area (Å²) >= 11 is 0. The van der Waals surface area contributed by atoms with Gasteiger partial charge in [0.15, 0.2) is 5.65 Å². The molecule has 0 fully saturated rings. The van der Waals surface area contributed by atoms with Crippen LogP contribution in [0.4, 0.5) is 35.3 Å². The van der Waals surface area contributed by atoms with Crippen LogP contribution in [0.25, 0.3) is 22.2 Å².